The standard InChI is InChI=1S/C13H13FN4O2/c1-8-13(16-6-5-15-8)9(2)17-12-4-3-10(18(19)20)7-11(12)14/h3-7,9,17H,1-2H3. The van der Waals surface area contributed by atoms with Crippen molar-refractivity contribution in [3.8, 4) is 0 Å². The number of halogens is 1. The van der Waals surface area contributed by atoms with E-state index in [1.165, 1.54) is 12.1 Å². The zero-order valence-corrected chi connectivity index (χ0v) is 11.0. The first-order chi connectivity index (χ1) is 9.49. The van der Waals surface area contributed by atoms with Crippen molar-refractivity contribution < 1.29 is 9.31 Å². The molecule has 6 nitrogen and oxygen atoms in total. The minimum atomic E-state index is -0.674. The van der Waals surface area contributed by atoms with Crippen LogP contribution in [0.25, 0.3) is 0 Å². The van der Waals surface area contributed by atoms with Gasteiger partial charge in [-0.3, -0.25) is 20.1 Å². The Balaban J connectivity index is 2.22. The number of non-ortho nitro benzene ring substituents is 1. The molecule has 104 valence electrons. The van der Waals surface area contributed by atoms with Gasteiger partial charge in [-0.2, -0.15) is 0 Å². The summed E-state index contributed by atoms with van der Waals surface area (Å²) in [7, 11) is 0. The Labute approximate surface area is 114 Å². The smallest absolute Gasteiger partial charge is 0.272 e. The molecule has 0 bridgehead atoms. The Morgan fingerprint density at radius 2 is 2.05 bits per heavy atom. The molecule has 0 aliphatic rings. The third kappa shape index (κ3) is 2.87. The molecule has 1 N–H and O–H groups in total. The number of aryl methyl sites for hydroxylation is 1. The largest absolute Gasteiger partial charge is 0.375 e. The monoisotopic (exact) mass is 276 g/mol. The third-order valence-electron chi connectivity index (χ3n) is 2.86. The molecule has 1 aromatic carbocycles. The molecule has 0 fully saturated rings. The van der Waals surface area contributed by atoms with Gasteiger partial charge < -0.3 is 5.32 Å². The van der Waals surface area contributed by atoms with Gasteiger partial charge in [0.2, 0.25) is 0 Å². The number of nitro groups is 1. The summed E-state index contributed by atoms with van der Waals surface area (Å²) < 4.78 is 13.8. The number of benzene rings is 1. The molecular weight excluding hydrogens is 263 g/mol. The van der Waals surface area contributed by atoms with Crippen LogP contribution in [0.1, 0.15) is 24.4 Å². The second-order valence-corrected chi connectivity index (χ2v) is 4.31. The summed E-state index contributed by atoms with van der Waals surface area (Å²) in [5, 5.41) is 13.5. The molecule has 0 amide bonds. The van der Waals surface area contributed by atoms with E-state index < -0.39 is 10.7 Å². The van der Waals surface area contributed by atoms with Crippen molar-refractivity contribution in [2.45, 2.75) is 19.9 Å². The Hall–Kier alpha value is -2.57. The van der Waals surface area contributed by atoms with Crippen LogP contribution in [0.5, 0.6) is 0 Å². The van der Waals surface area contributed by atoms with E-state index in [4.69, 9.17) is 0 Å². The normalized spacial score (nSPS) is 11.9. The summed E-state index contributed by atoms with van der Waals surface area (Å²) in [6.07, 6.45) is 3.14. The number of hydrogen-bond acceptors (Lipinski definition) is 5. The predicted octanol–water partition coefficient (Wildman–Crippen LogP) is 3.01. The minimum Gasteiger partial charge on any atom is -0.375 e. The van der Waals surface area contributed by atoms with Crippen molar-refractivity contribution in [3.63, 3.8) is 0 Å². The van der Waals surface area contributed by atoms with Gasteiger partial charge in [-0.05, 0) is 19.9 Å². The van der Waals surface area contributed by atoms with Crippen LogP contribution in [-0.4, -0.2) is 14.9 Å². The molecule has 0 aliphatic carbocycles. The SMILES string of the molecule is Cc1nccnc1C(C)Nc1ccc([N+](=O)[O-])cc1F. The average molecular weight is 276 g/mol. The number of hydrogen-bond donors (Lipinski definition) is 1. The Bertz CT molecular complexity index is 648. The van der Waals surface area contributed by atoms with Crippen LogP contribution in [0.2, 0.25) is 0 Å². The van der Waals surface area contributed by atoms with Gasteiger partial charge in [-0.15, -0.1) is 0 Å². The van der Waals surface area contributed by atoms with E-state index in [2.05, 4.69) is 15.3 Å². The van der Waals surface area contributed by atoms with Crippen LogP contribution in [0.3, 0.4) is 0 Å². The summed E-state index contributed by atoms with van der Waals surface area (Å²) >= 11 is 0. The van der Waals surface area contributed by atoms with E-state index in [9.17, 15) is 14.5 Å². The average Bonchev–Trinajstić information content (AvgIpc) is 2.41. The number of nitrogens with one attached hydrogen (secondary N) is 1. The van der Waals surface area contributed by atoms with Gasteiger partial charge in [-0.1, -0.05) is 0 Å². The predicted molar refractivity (Wildman–Crippen MR) is 71.9 cm³/mol. The van der Waals surface area contributed by atoms with Gasteiger partial charge >= 0.3 is 0 Å². The number of nitrogens with zero attached hydrogens (tertiary/aromatic N) is 3. The highest BCUT2D eigenvalue weighted by Gasteiger charge is 2.15. The van der Waals surface area contributed by atoms with E-state index in [-0.39, 0.29) is 17.4 Å². The number of nitro benzene ring substituents is 1. The molecule has 0 radical (unpaired) electrons. The van der Waals surface area contributed by atoms with Gasteiger partial charge in [-0.25, -0.2) is 4.39 Å². The van der Waals surface area contributed by atoms with Gasteiger partial charge in [0.1, 0.15) is 0 Å². The first kappa shape index (κ1) is 13.9. The van der Waals surface area contributed by atoms with E-state index in [0.29, 0.717) is 5.69 Å². The second-order valence-electron chi connectivity index (χ2n) is 4.31. The molecule has 20 heavy (non-hydrogen) atoms. The molecule has 2 aromatic rings. The lowest BCUT2D eigenvalue weighted by Gasteiger charge is -2.16. The molecule has 2 rings (SSSR count). The molecule has 1 atom stereocenters. The Morgan fingerprint density at radius 3 is 2.65 bits per heavy atom. The third-order valence-corrected chi connectivity index (χ3v) is 2.86. The fourth-order valence-electron chi connectivity index (χ4n) is 1.88. The first-order valence-electron chi connectivity index (χ1n) is 5.97. The summed E-state index contributed by atoms with van der Waals surface area (Å²) in [6, 6.07) is 3.22. The molecule has 1 aromatic heterocycles. The molecule has 0 saturated carbocycles. The van der Waals surface area contributed by atoms with Crippen LogP contribution in [-0.2, 0) is 0 Å². The maximum absolute atomic E-state index is 13.8. The fraction of sp³-hybridized carbons (Fsp3) is 0.231. The zero-order chi connectivity index (χ0) is 14.7. The number of rotatable bonds is 4. The molecule has 0 saturated heterocycles. The molecule has 7 heteroatoms. The Kier molecular flexibility index (Phi) is 3.88. The molecular formula is C13H13FN4O2. The number of aromatic nitrogens is 2. The first-order valence-corrected chi connectivity index (χ1v) is 5.97. The van der Waals surface area contributed by atoms with Crippen LogP contribution in [0.15, 0.2) is 30.6 Å². The van der Waals surface area contributed by atoms with Crippen LogP contribution in [0, 0.1) is 22.9 Å². The van der Waals surface area contributed by atoms with Crippen molar-refractivity contribution in [3.05, 3.63) is 57.9 Å². The maximum Gasteiger partial charge on any atom is 0.272 e. The summed E-state index contributed by atoms with van der Waals surface area (Å²) in [5.41, 5.74) is 1.35. The van der Waals surface area contributed by atoms with Crippen molar-refractivity contribution in [1.29, 1.82) is 0 Å². The van der Waals surface area contributed by atoms with Gasteiger partial charge in [0.25, 0.3) is 5.69 Å². The minimum absolute atomic E-state index is 0.188. The van der Waals surface area contributed by atoms with E-state index in [0.717, 1.165) is 11.8 Å². The van der Waals surface area contributed by atoms with E-state index >= 15 is 0 Å². The highest BCUT2D eigenvalue weighted by atomic mass is 19.1. The van der Waals surface area contributed by atoms with E-state index in [1.807, 2.05) is 13.8 Å². The van der Waals surface area contributed by atoms with Crippen LogP contribution < -0.4 is 5.32 Å². The van der Waals surface area contributed by atoms with Gasteiger partial charge in [0, 0.05) is 18.5 Å². The Morgan fingerprint density at radius 1 is 1.35 bits per heavy atom. The lowest BCUT2D eigenvalue weighted by Crippen LogP contribution is -2.12. The lowest BCUT2D eigenvalue weighted by molar-refractivity contribution is -0.385. The lowest BCUT2D eigenvalue weighted by atomic mass is 10.1. The topological polar surface area (TPSA) is 81.0 Å². The quantitative estimate of drug-likeness (QED) is 0.685. The van der Waals surface area contributed by atoms with Crippen molar-refractivity contribution >= 4 is 11.4 Å². The number of anilines is 1. The van der Waals surface area contributed by atoms with Gasteiger partial charge in [0.05, 0.1) is 34.1 Å². The van der Waals surface area contributed by atoms with Crippen LogP contribution >= 0.6 is 0 Å². The summed E-state index contributed by atoms with van der Waals surface area (Å²) in [6.45, 7) is 3.63. The van der Waals surface area contributed by atoms with Crippen LogP contribution in [0.4, 0.5) is 15.8 Å². The van der Waals surface area contributed by atoms with Gasteiger partial charge in [0.15, 0.2) is 5.82 Å². The molecule has 1 heterocycles. The zero-order valence-electron chi connectivity index (χ0n) is 11.0. The summed E-state index contributed by atoms with van der Waals surface area (Å²) in [4.78, 5) is 18.2. The van der Waals surface area contributed by atoms with Crippen molar-refractivity contribution in [2.24, 2.45) is 0 Å². The summed E-state index contributed by atoms with van der Waals surface area (Å²) in [5.74, 6) is -0.674. The van der Waals surface area contributed by atoms with E-state index in [1.54, 1.807) is 12.4 Å². The highest BCUT2D eigenvalue weighted by molar-refractivity contribution is 5.51. The molecule has 1 unspecified atom stereocenters. The van der Waals surface area contributed by atoms with Crippen molar-refractivity contribution in [2.75, 3.05) is 5.32 Å². The molecule has 0 aliphatic heterocycles. The maximum atomic E-state index is 13.8. The fourth-order valence-corrected chi connectivity index (χ4v) is 1.88. The second kappa shape index (κ2) is 5.60. The van der Waals surface area contributed by atoms with Crippen molar-refractivity contribution in [1.82, 2.24) is 9.97 Å². The highest BCUT2D eigenvalue weighted by Crippen LogP contribution is 2.24. The molecule has 0 spiro atoms.